The van der Waals surface area contributed by atoms with E-state index in [1.54, 1.807) is 7.11 Å². The van der Waals surface area contributed by atoms with Gasteiger partial charge in [0.25, 0.3) is 0 Å². The van der Waals surface area contributed by atoms with Crippen LogP contribution in [0, 0.1) is 12.8 Å². The van der Waals surface area contributed by atoms with Crippen molar-refractivity contribution in [2.24, 2.45) is 5.92 Å². The van der Waals surface area contributed by atoms with Gasteiger partial charge in [-0.05, 0) is 55.2 Å². The summed E-state index contributed by atoms with van der Waals surface area (Å²) in [6.07, 6.45) is 1.57. The fraction of sp³-hybridized carbons (Fsp3) is 0.348. The zero-order valence-corrected chi connectivity index (χ0v) is 16.5. The minimum Gasteiger partial charge on any atom is -0.497 e. The van der Waals surface area contributed by atoms with E-state index in [0.717, 1.165) is 40.3 Å². The van der Waals surface area contributed by atoms with Gasteiger partial charge in [-0.2, -0.15) is 0 Å². The number of aromatic nitrogens is 1. The Bertz CT molecular complexity index is 971. The number of ether oxygens (including phenoxy) is 2. The molecule has 0 saturated carbocycles. The SMILES string of the molecule is COc1ccc(Cc2c(C)[nH]c3ccc(OCCC(C)C)cc3c2=O)cc1. The van der Waals surface area contributed by atoms with Crippen LogP contribution < -0.4 is 14.9 Å². The van der Waals surface area contributed by atoms with Gasteiger partial charge in [-0.25, -0.2) is 0 Å². The summed E-state index contributed by atoms with van der Waals surface area (Å²) in [4.78, 5) is 16.5. The highest BCUT2D eigenvalue weighted by molar-refractivity contribution is 5.81. The number of fused-ring (bicyclic) bond motifs is 1. The van der Waals surface area contributed by atoms with Gasteiger partial charge in [-0.1, -0.05) is 26.0 Å². The molecule has 142 valence electrons. The molecule has 0 saturated heterocycles. The Kier molecular flexibility index (Phi) is 5.84. The van der Waals surface area contributed by atoms with Crippen LogP contribution in [0.5, 0.6) is 11.5 Å². The fourth-order valence-electron chi connectivity index (χ4n) is 3.09. The van der Waals surface area contributed by atoms with E-state index < -0.39 is 0 Å². The van der Waals surface area contributed by atoms with Crippen molar-refractivity contribution >= 4 is 10.9 Å². The molecule has 0 unspecified atom stereocenters. The van der Waals surface area contributed by atoms with Gasteiger partial charge in [0.1, 0.15) is 11.5 Å². The quantitative estimate of drug-likeness (QED) is 0.650. The normalized spacial score (nSPS) is 11.1. The van der Waals surface area contributed by atoms with Gasteiger partial charge in [0.2, 0.25) is 0 Å². The topological polar surface area (TPSA) is 51.3 Å². The first-order chi connectivity index (χ1) is 13.0. The van der Waals surface area contributed by atoms with Gasteiger partial charge in [0, 0.05) is 28.6 Å². The molecule has 0 aliphatic carbocycles. The summed E-state index contributed by atoms with van der Waals surface area (Å²) in [6.45, 7) is 6.95. The maximum absolute atomic E-state index is 13.1. The zero-order valence-electron chi connectivity index (χ0n) is 16.5. The average molecular weight is 365 g/mol. The Morgan fingerprint density at radius 2 is 1.74 bits per heavy atom. The van der Waals surface area contributed by atoms with Crippen molar-refractivity contribution < 1.29 is 9.47 Å². The van der Waals surface area contributed by atoms with Gasteiger partial charge < -0.3 is 14.5 Å². The smallest absolute Gasteiger partial charge is 0.193 e. The Morgan fingerprint density at radius 3 is 2.41 bits per heavy atom. The second-order valence-electron chi connectivity index (χ2n) is 7.32. The monoisotopic (exact) mass is 365 g/mol. The summed E-state index contributed by atoms with van der Waals surface area (Å²) in [5, 5.41) is 0.672. The van der Waals surface area contributed by atoms with Crippen molar-refractivity contribution in [3.05, 3.63) is 69.5 Å². The molecule has 0 aliphatic heterocycles. The Morgan fingerprint density at radius 1 is 1.04 bits per heavy atom. The van der Waals surface area contributed by atoms with E-state index in [4.69, 9.17) is 9.47 Å². The lowest BCUT2D eigenvalue weighted by Gasteiger charge is -2.11. The molecule has 0 fully saturated rings. The van der Waals surface area contributed by atoms with Crippen LogP contribution >= 0.6 is 0 Å². The van der Waals surface area contributed by atoms with Gasteiger partial charge >= 0.3 is 0 Å². The van der Waals surface area contributed by atoms with Gasteiger partial charge in [0.05, 0.1) is 13.7 Å². The molecule has 1 N–H and O–H groups in total. The highest BCUT2D eigenvalue weighted by atomic mass is 16.5. The summed E-state index contributed by atoms with van der Waals surface area (Å²) >= 11 is 0. The summed E-state index contributed by atoms with van der Waals surface area (Å²) in [6, 6.07) is 13.5. The molecule has 2 aromatic carbocycles. The Hall–Kier alpha value is -2.75. The minimum absolute atomic E-state index is 0.0615. The number of aryl methyl sites for hydroxylation is 1. The van der Waals surface area contributed by atoms with Crippen LogP contribution in [0.2, 0.25) is 0 Å². The number of benzene rings is 2. The van der Waals surface area contributed by atoms with E-state index in [2.05, 4.69) is 18.8 Å². The number of hydrogen-bond acceptors (Lipinski definition) is 3. The molecule has 4 heteroatoms. The second kappa shape index (κ2) is 8.30. The number of H-pyrrole nitrogens is 1. The molecule has 3 rings (SSSR count). The van der Waals surface area contributed by atoms with Crippen molar-refractivity contribution in [3.63, 3.8) is 0 Å². The van der Waals surface area contributed by atoms with Crippen molar-refractivity contribution in [1.29, 1.82) is 0 Å². The van der Waals surface area contributed by atoms with Crippen LogP contribution in [-0.2, 0) is 6.42 Å². The van der Waals surface area contributed by atoms with E-state index >= 15 is 0 Å². The van der Waals surface area contributed by atoms with E-state index in [1.807, 2.05) is 49.4 Å². The highest BCUT2D eigenvalue weighted by Crippen LogP contribution is 2.21. The third-order valence-electron chi connectivity index (χ3n) is 4.79. The molecule has 1 heterocycles. The third-order valence-corrected chi connectivity index (χ3v) is 4.79. The number of rotatable bonds is 7. The number of pyridine rings is 1. The fourth-order valence-corrected chi connectivity index (χ4v) is 3.09. The minimum atomic E-state index is 0.0615. The first-order valence-corrected chi connectivity index (χ1v) is 9.39. The summed E-state index contributed by atoms with van der Waals surface area (Å²) in [7, 11) is 1.65. The molecule has 0 atom stereocenters. The number of aromatic amines is 1. The second-order valence-corrected chi connectivity index (χ2v) is 7.32. The van der Waals surface area contributed by atoms with Crippen molar-refractivity contribution in [3.8, 4) is 11.5 Å². The number of methoxy groups -OCH3 is 1. The predicted molar refractivity (Wildman–Crippen MR) is 110 cm³/mol. The molecule has 3 aromatic rings. The van der Waals surface area contributed by atoms with Crippen LogP contribution in [0.3, 0.4) is 0 Å². The molecule has 4 nitrogen and oxygen atoms in total. The predicted octanol–water partition coefficient (Wildman–Crippen LogP) is 4.86. The highest BCUT2D eigenvalue weighted by Gasteiger charge is 2.11. The lowest BCUT2D eigenvalue weighted by molar-refractivity contribution is 0.290. The largest absolute Gasteiger partial charge is 0.497 e. The summed E-state index contributed by atoms with van der Waals surface area (Å²) in [5.41, 5.74) is 3.66. The van der Waals surface area contributed by atoms with Gasteiger partial charge in [-0.3, -0.25) is 4.79 Å². The maximum Gasteiger partial charge on any atom is 0.193 e. The molecule has 0 radical (unpaired) electrons. The van der Waals surface area contributed by atoms with Crippen LogP contribution in [0.25, 0.3) is 10.9 Å². The maximum atomic E-state index is 13.1. The van der Waals surface area contributed by atoms with Gasteiger partial charge in [-0.15, -0.1) is 0 Å². The van der Waals surface area contributed by atoms with E-state index in [1.165, 1.54) is 0 Å². The molecular weight excluding hydrogens is 338 g/mol. The zero-order chi connectivity index (χ0) is 19.4. The average Bonchev–Trinajstić information content (AvgIpc) is 2.66. The molecule has 1 aromatic heterocycles. The van der Waals surface area contributed by atoms with E-state index in [9.17, 15) is 4.79 Å². The molecule has 0 spiro atoms. The molecule has 0 amide bonds. The molecule has 27 heavy (non-hydrogen) atoms. The van der Waals surface area contributed by atoms with Crippen LogP contribution in [0.4, 0.5) is 0 Å². The third kappa shape index (κ3) is 4.51. The van der Waals surface area contributed by atoms with E-state index in [0.29, 0.717) is 24.3 Å². The summed E-state index contributed by atoms with van der Waals surface area (Å²) < 4.78 is 11.0. The first-order valence-electron chi connectivity index (χ1n) is 9.39. The van der Waals surface area contributed by atoms with E-state index in [-0.39, 0.29) is 5.43 Å². The van der Waals surface area contributed by atoms with Crippen molar-refractivity contribution in [2.75, 3.05) is 13.7 Å². The van der Waals surface area contributed by atoms with Crippen LogP contribution in [0.15, 0.2) is 47.3 Å². The first kappa shape index (κ1) is 19.0. The number of hydrogen-bond donors (Lipinski definition) is 1. The Balaban J connectivity index is 1.91. The number of nitrogens with one attached hydrogen (secondary N) is 1. The molecule has 0 aliphatic rings. The van der Waals surface area contributed by atoms with Crippen molar-refractivity contribution in [1.82, 2.24) is 4.98 Å². The summed E-state index contributed by atoms with van der Waals surface area (Å²) in [5.74, 6) is 2.14. The lowest BCUT2D eigenvalue weighted by Crippen LogP contribution is -2.14. The standard InChI is InChI=1S/C23H27NO3/c1-15(2)11-12-27-19-9-10-22-21(14-19)23(25)20(16(3)24-22)13-17-5-7-18(26-4)8-6-17/h5-10,14-15H,11-13H2,1-4H3,(H,24,25). The molecule has 0 bridgehead atoms. The van der Waals surface area contributed by atoms with Gasteiger partial charge in [0.15, 0.2) is 5.43 Å². The Labute approximate surface area is 160 Å². The van der Waals surface area contributed by atoms with Crippen LogP contribution in [-0.4, -0.2) is 18.7 Å². The van der Waals surface area contributed by atoms with Crippen LogP contribution in [0.1, 0.15) is 37.1 Å². The lowest BCUT2D eigenvalue weighted by atomic mass is 10.0. The van der Waals surface area contributed by atoms with Crippen molar-refractivity contribution in [2.45, 2.75) is 33.6 Å². The molecular formula is C23H27NO3.